The summed E-state index contributed by atoms with van der Waals surface area (Å²) < 4.78 is 18.0. The van der Waals surface area contributed by atoms with Crippen molar-refractivity contribution in [1.82, 2.24) is 19.2 Å². The van der Waals surface area contributed by atoms with E-state index in [2.05, 4.69) is 22.8 Å². The third-order valence-corrected chi connectivity index (χ3v) is 5.39. The van der Waals surface area contributed by atoms with Crippen LogP contribution in [0.1, 0.15) is 11.1 Å². The highest BCUT2D eigenvalue weighted by Crippen LogP contribution is 2.29. The minimum atomic E-state index is -0.345. The molecule has 28 heavy (non-hydrogen) atoms. The van der Waals surface area contributed by atoms with Gasteiger partial charge in [-0.3, -0.25) is 4.57 Å². The van der Waals surface area contributed by atoms with Crippen LogP contribution in [0.25, 0.3) is 16.9 Å². The number of halogens is 1. The van der Waals surface area contributed by atoms with Crippen molar-refractivity contribution in [2.75, 3.05) is 0 Å². The van der Waals surface area contributed by atoms with Gasteiger partial charge in [0, 0.05) is 24.7 Å². The monoisotopic (exact) mass is 389 g/mol. The van der Waals surface area contributed by atoms with E-state index in [0.29, 0.717) is 34.4 Å². The van der Waals surface area contributed by atoms with Gasteiger partial charge in [-0.1, -0.05) is 36.0 Å². The molecular weight excluding hydrogens is 373 g/mol. The van der Waals surface area contributed by atoms with Crippen molar-refractivity contribution in [2.45, 2.75) is 17.5 Å². The number of benzene rings is 1. The summed E-state index contributed by atoms with van der Waals surface area (Å²) in [6.45, 7) is 4.24. The molecule has 0 aliphatic rings. The Bertz CT molecular complexity index is 1200. The number of fused-ring (bicyclic) bond motifs is 1. The number of aromatic nitrogens is 4. The van der Waals surface area contributed by atoms with E-state index in [4.69, 9.17) is 0 Å². The second-order valence-corrected chi connectivity index (χ2v) is 7.05. The van der Waals surface area contributed by atoms with E-state index in [1.165, 1.54) is 17.8 Å². The summed E-state index contributed by atoms with van der Waals surface area (Å²) in [4.78, 5) is 0. The summed E-state index contributed by atoms with van der Waals surface area (Å²) in [6.07, 6.45) is 5.60. The van der Waals surface area contributed by atoms with Crippen molar-refractivity contribution in [3.63, 3.8) is 0 Å². The summed E-state index contributed by atoms with van der Waals surface area (Å²) in [7, 11) is 0. The van der Waals surface area contributed by atoms with Crippen molar-refractivity contribution in [1.29, 1.82) is 5.26 Å². The normalized spacial score (nSPS) is 10.9. The number of rotatable bonds is 6. The van der Waals surface area contributed by atoms with Crippen molar-refractivity contribution in [3.8, 4) is 17.5 Å². The number of hydrogen-bond donors (Lipinski definition) is 0. The lowest BCUT2D eigenvalue weighted by Crippen LogP contribution is -2.01. The van der Waals surface area contributed by atoms with Gasteiger partial charge in [0.25, 0.3) is 0 Å². The van der Waals surface area contributed by atoms with E-state index < -0.39 is 0 Å². The number of pyridine rings is 1. The molecule has 0 fully saturated rings. The van der Waals surface area contributed by atoms with Crippen LogP contribution in [0, 0.1) is 17.1 Å². The van der Waals surface area contributed by atoms with Crippen LogP contribution >= 0.6 is 11.8 Å². The van der Waals surface area contributed by atoms with Gasteiger partial charge in [-0.05, 0) is 29.8 Å². The first kappa shape index (κ1) is 18.0. The predicted molar refractivity (Wildman–Crippen MR) is 107 cm³/mol. The molecule has 0 radical (unpaired) electrons. The molecule has 7 heteroatoms. The SMILES string of the molecule is C=CCn1c(SCc2cn3ccccc3c2C#N)nnc1-c1ccccc1F. The lowest BCUT2D eigenvalue weighted by molar-refractivity contribution is 0.626. The van der Waals surface area contributed by atoms with Gasteiger partial charge < -0.3 is 4.40 Å². The molecule has 3 heterocycles. The van der Waals surface area contributed by atoms with Gasteiger partial charge in [0.1, 0.15) is 11.9 Å². The molecule has 0 aliphatic carbocycles. The average molecular weight is 389 g/mol. The van der Waals surface area contributed by atoms with Gasteiger partial charge in [-0.15, -0.1) is 16.8 Å². The number of nitrogens with zero attached hydrogens (tertiary/aromatic N) is 5. The van der Waals surface area contributed by atoms with Crippen LogP contribution in [0.2, 0.25) is 0 Å². The van der Waals surface area contributed by atoms with E-state index in [-0.39, 0.29) is 5.82 Å². The minimum absolute atomic E-state index is 0.345. The van der Waals surface area contributed by atoms with Crippen LogP contribution in [-0.2, 0) is 12.3 Å². The molecule has 4 aromatic rings. The topological polar surface area (TPSA) is 58.9 Å². The zero-order valence-corrected chi connectivity index (χ0v) is 15.7. The maximum Gasteiger partial charge on any atom is 0.192 e. The molecule has 0 amide bonds. The van der Waals surface area contributed by atoms with Gasteiger partial charge in [-0.2, -0.15) is 5.26 Å². The Morgan fingerprint density at radius 2 is 2.00 bits per heavy atom. The molecule has 1 aromatic carbocycles. The Balaban J connectivity index is 1.67. The first-order valence-corrected chi connectivity index (χ1v) is 9.62. The molecule has 4 rings (SSSR count). The third-order valence-electron chi connectivity index (χ3n) is 4.37. The van der Waals surface area contributed by atoms with Crippen molar-refractivity contribution >= 4 is 17.3 Å². The summed E-state index contributed by atoms with van der Waals surface area (Å²) >= 11 is 1.46. The van der Waals surface area contributed by atoms with Crippen LogP contribution in [0.5, 0.6) is 0 Å². The standard InChI is InChI=1S/C21H16FN5S/c1-2-10-27-20(16-7-3-4-8-18(16)22)24-25-21(27)28-14-15-13-26-11-6-5-9-19(26)17(15)12-23/h2-9,11,13H,1,10,14H2. The molecule has 3 aromatic heterocycles. The van der Waals surface area contributed by atoms with Crippen LogP contribution in [-0.4, -0.2) is 19.2 Å². The van der Waals surface area contributed by atoms with Crippen LogP contribution < -0.4 is 0 Å². The largest absolute Gasteiger partial charge is 0.322 e. The lowest BCUT2D eigenvalue weighted by Gasteiger charge is -2.08. The predicted octanol–water partition coefficient (Wildman–Crippen LogP) is 4.69. The molecule has 0 saturated heterocycles. The van der Waals surface area contributed by atoms with Crippen LogP contribution in [0.3, 0.4) is 0 Å². The lowest BCUT2D eigenvalue weighted by atomic mass is 10.2. The molecule has 138 valence electrons. The van der Waals surface area contributed by atoms with Crippen molar-refractivity contribution in [2.24, 2.45) is 0 Å². The van der Waals surface area contributed by atoms with E-state index in [1.807, 2.05) is 39.6 Å². The van der Waals surface area contributed by atoms with Gasteiger partial charge in [0.15, 0.2) is 11.0 Å². The molecule has 0 bridgehead atoms. The molecule has 5 nitrogen and oxygen atoms in total. The molecule has 0 atom stereocenters. The highest BCUT2D eigenvalue weighted by molar-refractivity contribution is 7.98. The van der Waals surface area contributed by atoms with Crippen LogP contribution in [0.4, 0.5) is 4.39 Å². The van der Waals surface area contributed by atoms with Gasteiger partial charge in [0.05, 0.1) is 16.6 Å². The van der Waals surface area contributed by atoms with E-state index in [9.17, 15) is 9.65 Å². The van der Waals surface area contributed by atoms with E-state index >= 15 is 0 Å². The maximum absolute atomic E-state index is 14.2. The quantitative estimate of drug-likeness (QED) is 0.355. The van der Waals surface area contributed by atoms with Crippen LogP contribution in [0.15, 0.2) is 72.7 Å². The number of nitriles is 1. The maximum atomic E-state index is 14.2. The molecule has 0 N–H and O–H groups in total. The molecule has 0 aliphatic heterocycles. The van der Waals surface area contributed by atoms with Crippen molar-refractivity contribution in [3.05, 3.63) is 84.5 Å². The summed E-state index contributed by atoms with van der Waals surface area (Å²) in [6, 6.07) is 14.5. The third kappa shape index (κ3) is 3.19. The Kier molecular flexibility index (Phi) is 4.96. The number of allylic oxidation sites excluding steroid dienone is 1. The Morgan fingerprint density at radius 3 is 2.79 bits per heavy atom. The highest BCUT2D eigenvalue weighted by Gasteiger charge is 2.17. The summed E-state index contributed by atoms with van der Waals surface area (Å²) in [5, 5.41) is 18.7. The zero-order valence-electron chi connectivity index (χ0n) is 14.9. The second-order valence-electron chi connectivity index (χ2n) is 6.11. The molecule has 0 unspecified atom stereocenters. The number of thioether (sulfide) groups is 1. The first-order chi connectivity index (χ1) is 13.7. The fraction of sp³-hybridized carbons (Fsp3) is 0.0952. The number of hydrogen-bond acceptors (Lipinski definition) is 4. The fourth-order valence-corrected chi connectivity index (χ4v) is 4.01. The van der Waals surface area contributed by atoms with Gasteiger partial charge >= 0.3 is 0 Å². The molecule has 0 saturated carbocycles. The van der Waals surface area contributed by atoms with Gasteiger partial charge in [0.2, 0.25) is 0 Å². The fourth-order valence-electron chi connectivity index (χ4n) is 3.09. The molecule has 0 spiro atoms. The smallest absolute Gasteiger partial charge is 0.192 e. The minimum Gasteiger partial charge on any atom is -0.322 e. The first-order valence-electron chi connectivity index (χ1n) is 8.63. The Morgan fingerprint density at radius 1 is 1.18 bits per heavy atom. The van der Waals surface area contributed by atoms with Gasteiger partial charge in [-0.25, -0.2) is 4.39 Å². The summed E-state index contributed by atoms with van der Waals surface area (Å²) in [5.74, 6) is 0.669. The Labute approximate surface area is 165 Å². The summed E-state index contributed by atoms with van der Waals surface area (Å²) in [5.41, 5.74) is 2.84. The Hall–Kier alpha value is -3.37. The zero-order chi connectivity index (χ0) is 19.5. The molecular formula is C21H16FN5S. The average Bonchev–Trinajstić information content (AvgIpc) is 3.27. The van der Waals surface area contributed by atoms with E-state index in [0.717, 1.165) is 11.1 Å². The highest BCUT2D eigenvalue weighted by atomic mass is 32.2. The van der Waals surface area contributed by atoms with E-state index in [1.54, 1.807) is 24.3 Å². The van der Waals surface area contributed by atoms with Crippen molar-refractivity contribution < 1.29 is 4.39 Å². The second kappa shape index (κ2) is 7.71.